The molecule has 4 N–H and O–H groups in total. The molecule has 5 heteroatoms. The van der Waals surface area contributed by atoms with E-state index in [-0.39, 0.29) is 6.42 Å². The van der Waals surface area contributed by atoms with Gasteiger partial charge >= 0.3 is 11.9 Å². The Kier molecular flexibility index (Phi) is 9.85. The summed E-state index contributed by atoms with van der Waals surface area (Å²) in [7, 11) is 0. The van der Waals surface area contributed by atoms with Crippen LogP contribution in [0.4, 0.5) is 0 Å². The van der Waals surface area contributed by atoms with E-state index in [2.05, 4.69) is 19.1 Å². The van der Waals surface area contributed by atoms with Crippen LogP contribution in [0.15, 0.2) is 24.3 Å². The first kappa shape index (κ1) is 21.2. The molecule has 0 spiro atoms. The Morgan fingerprint density at radius 3 is 1.92 bits per heavy atom. The lowest BCUT2D eigenvalue weighted by molar-refractivity contribution is -0.146. The van der Waals surface area contributed by atoms with E-state index in [4.69, 9.17) is 5.73 Å². The van der Waals surface area contributed by atoms with Gasteiger partial charge in [0.15, 0.2) is 0 Å². The summed E-state index contributed by atoms with van der Waals surface area (Å²) in [6.45, 7) is 2.67. The first-order chi connectivity index (χ1) is 12.0. The summed E-state index contributed by atoms with van der Waals surface area (Å²) in [5.41, 5.74) is 7.82. The highest BCUT2D eigenvalue weighted by Crippen LogP contribution is 2.23. The van der Waals surface area contributed by atoms with Crippen molar-refractivity contribution in [3.8, 4) is 0 Å². The van der Waals surface area contributed by atoms with Crippen LogP contribution in [0.2, 0.25) is 0 Å². The summed E-state index contributed by atoms with van der Waals surface area (Å²) < 4.78 is 0. The molecule has 1 aromatic rings. The molecule has 2 atom stereocenters. The van der Waals surface area contributed by atoms with Crippen LogP contribution < -0.4 is 5.73 Å². The lowest BCUT2D eigenvalue weighted by Crippen LogP contribution is -2.23. The minimum absolute atomic E-state index is 0.184. The van der Waals surface area contributed by atoms with Crippen LogP contribution in [0.1, 0.15) is 56.6 Å². The third kappa shape index (κ3) is 8.16. The minimum atomic E-state index is -0.910. The number of rotatable bonds is 13. The fraction of sp³-hybridized carbons (Fsp3) is 0.600. The van der Waals surface area contributed by atoms with Crippen molar-refractivity contribution in [1.29, 1.82) is 0 Å². The van der Waals surface area contributed by atoms with Gasteiger partial charge in [-0.1, -0.05) is 44.0 Å². The minimum Gasteiger partial charge on any atom is -0.481 e. The average Bonchev–Trinajstić information content (AvgIpc) is 2.58. The smallest absolute Gasteiger partial charge is 0.306 e. The molecular formula is C20H31NO4. The van der Waals surface area contributed by atoms with Crippen molar-refractivity contribution in [2.24, 2.45) is 17.6 Å². The van der Waals surface area contributed by atoms with Gasteiger partial charge in [0.1, 0.15) is 0 Å². The first-order valence-corrected chi connectivity index (χ1v) is 9.21. The lowest BCUT2D eigenvalue weighted by atomic mass is 9.87. The SMILES string of the molecule is CCCc1ccc(CC[C@H](CC(CCCCN)C(=O)O)C(=O)O)cc1. The molecule has 1 rings (SSSR count). The summed E-state index contributed by atoms with van der Waals surface area (Å²) in [5.74, 6) is -3.06. The van der Waals surface area contributed by atoms with E-state index in [1.54, 1.807) is 0 Å². The van der Waals surface area contributed by atoms with Gasteiger partial charge in [-0.25, -0.2) is 0 Å². The number of aliphatic carboxylic acids is 2. The number of unbranched alkanes of at least 4 members (excludes halogenated alkanes) is 1. The van der Waals surface area contributed by atoms with E-state index >= 15 is 0 Å². The van der Waals surface area contributed by atoms with Gasteiger partial charge in [0.25, 0.3) is 0 Å². The van der Waals surface area contributed by atoms with E-state index in [0.29, 0.717) is 25.8 Å². The molecule has 1 unspecified atom stereocenters. The van der Waals surface area contributed by atoms with Crippen molar-refractivity contribution >= 4 is 11.9 Å². The van der Waals surface area contributed by atoms with Crippen LogP contribution in [-0.2, 0) is 22.4 Å². The Labute approximate surface area is 150 Å². The highest BCUT2D eigenvalue weighted by Gasteiger charge is 2.26. The summed E-state index contributed by atoms with van der Waals surface area (Å²) in [6.07, 6.45) is 5.42. The third-order valence-electron chi connectivity index (χ3n) is 4.62. The second-order valence-corrected chi connectivity index (χ2v) is 6.70. The number of carboxylic acids is 2. The average molecular weight is 349 g/mol. The third-order valence-corrected chi connectivity index (χ3v) is 4.62. The normalized spacial score (nSPS) is 13.4. The number of aryl methyl sites for hydroxylation is 2. The van der Waals surface area contributed by atoms with Gasteiger partial charge in [0.2, 0.25) is 0 Å². The molecule has 0 heterocycles. The predicted molar refractivity (Wildman–Crippen MR) is 98.5 cm³/mol. The Hall–Kier alpha value is -1.88. The topological polar surface area (TPSA) is 101 Å². The zero-order valence-electron chi connectivity index (χ0n) is 15.1. The number of nitrogens with two attached hydrogens (primary N) is 1. The number of benzene rings is 1. The van der Waals surface area contributed by atoms with Crippen LogP contribution >= 0.6 is 0 Å². The van der Waals surface area contributed by atoms with Crippen molar-refractivity contribution in [3.63, 3.8) is 0 Å². The van der Waals surface area contributed by atoms with E-state index in [1.165, 1.54) is 5.56 Å². The van der Waals surface area contributed by atoms with Crippen LogP contribution in [0.25, 0.3) is 0 Å². The van der Waals surface area contributed by atoms with Crippen LogP contribution in [-0.4, -0.2) is 28.7 Å². The Morgan fingerprint density at radius 2 is 1.44 bits per heavy atom. The Balaban J connectivity index is 2.60. The molecule has 0 amide bonds. The van der Waals surface area contributed by atoms with Gasteiger partial charge < -0.3 is 15.9 Å². The second-order valence-electron chi connectivity index (χ2n) is 6.70. The van der Waals surface area contributed by atoms with E-state index in [9.17, 15) is 19.8 Å². The quantitative estimate of drug-likeness (QED) is 0.473. The van der Waals surface area contributed by atoms with Crippen molar-refractivity contribution in [2.45, 2.75) is 58.3 Å². The zero-order chi connectivity index (χ0) is 18.7. The van der Waals surface area contributed by atoms with Crippen LogP contribution in [0.3, 0.4) is 0 Å². The van der Waals surface area contributed by atoms with Crippen molar-refractivity contribution < 1.29 is 19.8 Å². The number of hydrogen-bond acceptors (Lipinski definition) is 3. The highest BCUT2D eigenvalue weighted by atomic mass is 16.4. The van der Waals surface area contributed by atoms with Gasteiger partial charge in [0, 0.05) is 0 Å². The fourth-order valence-electron chi connectivity index (χ4n) is 3.06. The largest absolute Gasteiger partial charge is 0.481 e. The molecular weight excluding hydrogens is 318 g/mol. The summed E-state index contributed by atoms with van der Waals surface area (Å²) in [5, 5.41) is 18.8. The number of hydrogen-bond donors (Lipinski definition) is 3. The van der Waals surface area contributed by atoms with Gasteiger partial charge in [-0.15, -0.1) is 0 Å². The monoisotopic (exact) mass is 349 g/mol. The van der Waals surface area contributed by atoms with Crippen molar-refractivity contribution in [2.75, 3.05) is 6.54 Å². The van der Waals surface area contributed by atoms with Crippen molar-refractivity contribution in [1.82, 2.24) is 0 Å². The fourth-order valence-corrected chi connectivity index (χ4v) is 3.06. The predicted octanol–water partition coefficient (Wildman–Crippen LogP) is 3.49. The Bertz CT molecular complexity index is 527. The number of carbonyl (C=O) groups is 2. The highest BCUT2D eigenvalue weighted by molar-refractivity contribution is 5.73. The van der Waals surface area contributed by atoms with E-state index < -0.39 is 23.8 Å². The maximum atomic E-state index is 11.5. The summed E-state index contributed by atoms with van der Waals surface area (Å²) in [6, 6.07) is 8.25. The van der Waals surface area contributed by atoms with Crippen LogP contribution in [0, 0.1) is 11.8 Å². The van der Waals surface area contributed by atoms with E-state index in [1.807, 2.05) is 12.1 Å². The van der Waals surface area contributed by atoms with Gasteiger partial charge in [-0.3, -0.25) is 9.59 Å². The van der Waals surface area contributed by atoms with Crippen molar-refractivity contribution in [3.05, 3.63) is 35.4 Å². The standard InChI is InChI=1S/C20H31NO4/c1-2-5-15-7-9-16(10-8-15)11-12-18(20(24)25)14-17(19(22)23)6-3-4-13-21/h7-10,17-18H,2-6,11-14,21H2,1H3,(H,22,23)(H,24,25)/t17?,18-/m1/s1. The molecule has 0 bridgehead atoms. The molecule has 1 aromatic carbocycles. The van der Waals surface area contributed by atoms with Gasteiger partial charge in [-0.05, 0) is 56.2 Å². The zero-order valence-corrected chi connectivity index (χ0v) is 15.1. The summed E-state index contributed by atoms with van der Waals surface area (Å²) in [4.78, 5) is 22.9. The molecule has 0 radical (unpaired) electrons. The second kappa shape index (κ2) is 11.6. The molecule has 0 aliphatic heterocycles. The van der Waals surface area contributed by atoms with E-state index in [0.717, 1.165) is 31.2 Å². The molecule has 0 saturated heterocycles. The van der Waals surface area contributed by atoms with Gasteiger partial charge in [-0.2, -0.15) is 0 Å². The maximum Gasteiger partial charge on any atom is 0.306 e. The molecule has 140 valence electrons. The lowest BCUT2D eigenvalue weighted by Gasteiger charge is -2.18. The molecule has 0 aliphatic carbocycles. The Morgan fingerprint density at radius 1 is 0.920 bits per heavy atom. The first-order valence-electron chi connectivity index (χ1n) is 9.21. The van der Waals surface area contributed by atoms with Gasteiger partial charge in [0.05, 0.1) is 11.8 Å². The molecule has 0 aliphatic rings. The molecule has 0 fully saturated rings. The molecule has 5 nitrogen and oxygen atoms in total. The maximum absolute atomic E-state index is 11.5. The number of carboxylic acid groups (broad SMARTS) is 2. The molecule has 0 saturated carbocycles. The molecule has 0 aromatic heterocycles. The van der Waals surface area contributed by atoms with Crippen LogP contribution in [0.5, 0.6) is 0 Å². The molecule has 25 heavy (non-hydrogen) atoms. The summed E-state index contributed by atoms with van der Waals surface area (Å²) >= 11 is 0.